The molecule has 0 saturated carbocycles. The molecule has 1 N–H and O–H groups in total. The highest BCUT2D eigenvalue weighted by molar-refractivity contribution is 6.36. The number of carbonyl (C=O) groups is 2. The highest BCUT2D eigenvalue weighted by Crippen LogP contribution is 2.26. The van der Waals surface area contributed by atoms with Gasteiger partial charge in [0.2, 0.25) is 11.8 Å². The van der Waals surface area contributed by atoms with E-state index < -0.39 is 6.04 Å². The Kier molecular flexibility index (Phi) is 8.27. The van der Waals surface area contributed by atoms with E-state index >= 15 is 0 Å². The molecule has 0 bridgehead atoms. The van der Waals surface area contributed by atoms with Crippen molar-refractivity contribution >= 4 is 35.0 Å². The molecule has 1 atom stereocenters. The highest BCUT2D eigenvalue weighted by Gasteiger charge is 2.27. The van der Waals surface area contributed by atoms with Crippen LogP contribution >= 0.6 is 23.2 Å². The minimum Gasteiger partial charge on any atom is -0.354 e. The normalized spacial score (nSPS) is 11.8. The Bertz CT molecular complexity index is 807. The SMILES string of the molecule is CCCNC(=O)[C@H](C)N(Cc1ccc(F)cc1)C(=O)Cc1c(Cl)cccc1Cl. The summed E-state index contributed by atoms with van der Waals surface area (Å²) in [6, 6.07) is 10.2. The highest BCUT2D eigenvalue weighted by atomic mass is 35.5. The first-order chi connectivity index (χ1) is 13.3. The fourth-order valence-corrected chi connectivity index (χ4v) is 3.25. The van der Waals surface area contributed by atoms with Crippen LogP contribution in [0.5, 0.6) is 0 Å². The van der Waals surface area contributed by atoms with Crippen LogP contribution in [0.2, 0.25) is 10.0 Å². The van der Waals surface area contributed by atoms with E-state index in [0.29, 0.717) is 22.2 Å². The van der Waals surface area contributed by atoms with Crippen molar-refractivity contribution in [1.29, 1.82) is 0 Å². The molecule has 28 heavy (non-hydrogen) atoms. The van der Waals surface area contributed by atoms with Gasteiger partial charge >= 0.3 is 0 Å². The third kappa shape index (κ3) is 5.94. The van der Waals surface area contributed by atoms with Crippen LogP contribution in [0.15, 0.2) is 42.5 Å². The van der Waals surface area contributed by atoms with Crippen molar-refractivity contribution in [3.8, 4) is 0 Å². The molecule has 0 aromatic heterocycles. The third-order valence-electron chi connectivity index (χ3n) is 4.37. The summed E-state index contributed by atoms with van der Waals surface area (Å²) in [5, 5.41) is 3.59. The van der Waals surface area contributed by atoms with Gasteiger partial charge in [-0.1, -0.05) is 48.3 Å². The van der Waals surface area contributed by atoms with E-state index in [-0.39, 0.29) is 30.6 Å². The van der Waals surface area contributed by atoms with Gasteiger partial charge < -0.3 is 10.2 Å². The van der Waals surface area contributed by atoms with Gasteiger partial charge in [0.25, 0.3) is 0 Å². The molecular formula is C21H23Cl2FN2O2. The molecule has 0 aliphatic rings. The van der Waals surface area contributed by atoms with Gasteiger partial charge in [0.05, 0.1) is 6.42 Å². The lowest BCUT2D eigenvalue weighted by molar-refractivity contribution is -0.140. The summed E-state index contributed by atoms with van der Waals surface area (Å²) < 4.78 is 13.2. The molecule has 0 aliphatic heterocycles. The van der Waals surface area contributed by atoms with E-state index in [2.05, 4.69) is 5.32 Å². The second kappa shape index (κ2) is 10.4. The number of hydrogen-bond donors (Lipinski definition) is 1. The van der Waals surface area contributed by atoms with E-state index in [1.54, 1.807) is 37.3 Å². The zero-order valence-electron chi connectivity index (χ0n) is 15.8. The number of halogens is 3. The molecule has 0 unspecified atom stereocenters. The zero-order chi connectivity index (χ0) is 20.7. The van der Waals surface area contributed by atoms with E-state index in [4.69, 9.17) is 23.2 Å². The predicted octanol–water partition coefficient (Wildman–Crippen LogP) is 4.62. The fourth-order valence-electron chi connectivity index (χ4n) is 2.72. The Balaban J connectivity index is 2.26. The second-order valence-corrected chi connectivity index (χ2v) is 7.31. The lowest BCUT2D eigenvalue weighted by atomic mass is 10.1. The molecule has 2 rings (SSSR count). The smallest absolute Gasteiger partial charge is 0.242 e. The summed E-state index contributed by atoms with van der Waals surface area (Å²) in [7, 11) is 0. The molecule has 0 saturated heterocycles. The Morgan fingerprint density at radius 3 is 2.29 bits per heavy atom. The van der Waals surface area contributed by atoms with E-state index in [0.717, 1.165) is 12.0 Å². The van der Waals surface area contributed by atoms with Crippen LogP contribution in [-0.4, -0.2) is 29.3 Å². The topological polar surface area (TPSA) is 49.4 Å². The molecule has 0 radical (unpaired) electrons. The van der Waals surface area contributed by atoms with E-state index in [1.807, 2.05) is 6.92 Å². The molecule has 0 heterocycles. The molecule has 0 fully saturated rings. The van der Waals surface area contributed by atoms with Gasteiger partial charge in [-0.3, -0.25) is 9.59 Å². The van der Waals surface area contributed by atoms with Crippen LogP contribution in [0.4, 0.5) is 4.39 Å². The van der Waals surface area contributed by atoms with Gasteiger partial charge in [-0.15, -0.1) is 0 Å². The van der Waals surface area contributed by atoms with Crippen LogP contribution < -0.4 is 5.32 Å². The maximum atomic E-state index is 13.2. The van der Waals surface area contributed by atoms with Gasteiger partial charge in [0.1, 0.15) is 11.9 Å². The second-order valence-electron chi connectivity index (χ2n) is 6.49. The van der Waals surface area contributed by atoms with Crippen molar-refractivity contribution in [2.75, 3.05) is 6.54 Å². The number of rotatable bonds is 8. The van der Waals surface area contributed by atoms with Gasteiger partial charge in [0.15, 0.2) is 0 Å². The monoisotopic (exact) mass is 424 g/mol. The molecule has 150 valence electrons. The van der Waals surface area contributed by atoms with E-state index in [1.165, 1.54) is 17.0 Å². The molecule has 4 nitrogen and oxygen atoms in total. The predicted molar refractivity (Wildman–Crippen MR) is 110 cm³/mol. The van der Waals surface area contributed by atoms with Gasteiger partial charge in [0, 0.05) is 23.1 Å². The Morgan fingerprint density at radius 1 is 1.11 bits per heavy atom. The van der Waals surface area contributed by atoms with Crippen LogP contribution in [0.25, 0.3) is 0 Å². The van der Waals surface area contributed by atoms with Crippen molar-refractivity contribution in [2.24, 2.45) is 0 Å². The largest absolute Gasteiger partial charge is 0.354 e. The average Bonchev–Trinajstić information content (AvgIpc) is 2.67. The first-order valence-electron chi connectivity index (χ1n) is 9.08. The fraction of sp³-hybridized carbons (Fsp3) is 0.333. The maximum Gasteiger partial charge on any atom is 0.242 e. The molecule has 2 amide bonds. The van der Waals surface area contributed by atoms with Crippen molar-refractivity contribution in [2.45, 2.75) is 39.3 Å². The zero-order valence-corrected chi connectivity index (χ0v) is 17.4. The van der Waals surface area contributed by atoms with Gasteiger partial charge in [-0.05, 0) is 48.7 Å². The summed E-state index contributed by atoms with van der Waals surface area (Å²) in [4.78, 5) is 27.0. The van der Waals surface area contributed by atoms with Crippen molar-refractivity contribution < 1.29 is 14.0 Å². The van der Waals surface area contributed by atoms with Crippen molar-refractivity contribution in [3.05, 3.63) is 69.5 Å². The number of carbonyl (C=O) groups excluding carboxylic acids is 2. The van der Waals surface area contributed by atoms with Crippen molar-refractivity contribution in [3.63, 3.8) is 0 Å². The first kappa shape index (κ1) is 22.2. The third-order valence-corrected chi connectivity index (χ3v) is 5.08. The van der Waals surface area contributed by atoms with E-state index in [9.17, 15) is 14.0 Å². The molecule has 2 aromatic rings. The lowest BCUT2D eigenvalue weighted by Crippen LogP contribution is -2.48. The van der Waals surface area contributed by atoms with Gasteiger partial charge in [-0.25, -0.2) is 4.39 Å². The van der Waals surface area contributed by atoms with Crippen LogP contribution in [-0.2, 0) is 22.6 Å². The summed E-state index contributed by atoms with van der Waals surface area (Å²) in [6.45, 7) is 4.31. The Labute approximate surface area is 174 Å². The number of nitrogens with one attached hydrogen (secondary N) is 1. The Hall–Kier alpha value is -2.11. The number of benzene rings is 2. The maximum absolute atomic E-state index is 13.2. The molecule has 0 aliphatic carbocycles. The summed E-state index contributed by atoms with van der Waals surface area (Å²) >= 11 is 12.4. The van der Waals surface area contributed by atoms with Crippen LogP contribution in [0, 0.1) is 5.82 Å². The van der Waals surface area contributed by atoms with Crippen molar-refractivity contribution in [1.82, 2.24) is 10.2 Å². The first-order valence-corrected chi connectivity index (χ1v) is 9.83. The summed E-state index contributed by atoms with van der Waals surface area (Å²) in [5.41, 5.74) is 1.23. The quantitative estimate of drug-likeness (QED) is 0.671. The molecule has 7 heteroatoms. The standard InChI is InChI=1S/C21H23Cl2FN2O2/c1-3-11-25-21(28)14(2)26(13-15-7-9-16(24)10-8-15)20(27)12-17-18(22)5-4-6-19(17)23/h4-10,14H,3,11-13H2,1-2H3,(H,25,28)/t14-/m0/s1. The van der Waals surface area contributed by atoms with Crippen LogP contribution in [0.3, 0.4) is 0 Å². The Morgan fingerprint density at radius 2 is 1.71 bits per heavy atom. The number of hydrogen-bond acceptors (Lipinski definition) is 2. The molecule has 2 aromatic carbocycles. The molecule has 0 spiro atoms. The lowest BCUT2D eigenvalue weighted by Gasteiger charge is -2.29. The minimum absolute atomic E-state index is 0.0366. The van der Waals surface area contributed by atoms with Crippen LogP contribution in [0.1, 0.15) is 31.4 Å². The van der Waals surface area contributed by atoms with Gasteiger partial charge in [-0.2, -0.15) is 0 Å². The minimum atomic E-state index is -0.703. The summed E-state index contributed by atoms with van der Waals surface area (Å²) in [6.07, 6.45) is 0.755. The molecular weight excluding hydrogens is 402 g/mol. The number of amides is 2. The number of nitrogens with zero attached hydrogens (tertiary/aromatic N) is 1. The summed E-state index contributed by atoms with van der Waals surface area (Å²) in [5.74, 6) is -0.903. The average molecular weight is 425 g/mol.